The van der Waals surface area contributed by atoms with Crippen LogP contribution in [0, 0.1) is 0 Å². The standard InChI is InChI=1S/C31H24Cl2N8O3/c1-39-27-29(40(2)31(43)41(30(27)42)15-18-13-20-22(32)5-3-7-24(20)35-18)37-28(39)26(17-9-11-34-12-10-17)38-44-16-19-14-21-23(33)6-4-8-25(21)36-19/h3-14,35-36H,15-16H2,1-2H3/b38-26-. The monoisotopic (exact) mass is 626 g/mol. The number of pyridine rings is 1. The summed E-state index contributed by atoms with van der Waals surface area (Å²) >= 11 is 12.7. The number of aromatic nitrogens is 7. The van der Waals surface area contributed by atoms with Crippen LogP contribution in [0.2, 0.25) is 10.0 Å². The van der Waals surface area contributed by atoms with Gasteiger partial charge in [-0.3, -0.25) is 18.9 Å². The smallest absolute Gasteiger partial charge is 0.332 e. The van der Waals surface area contributed by atoms with Gasteiger partial charge in [-0.15, -0.1) is 0 Å². The quantitative estimate of drug-likeness (QED) is 0.188. The Bertz CT molecular complexity index is 2360. The third-order valence-corrected chi connectivity index (χ3v) is 8.22. The molecule has 0 radical (unpaired) electrons. The molecule has 0 saturated carbocycles. The van der Waals surface area contributed by atoms with E-state index in [9.17, 15) is 9.59 Å². The van der Waals surface area contributed by atoms with Crippen molar-refractivity contribution in [2.24, 2.45) is 19.3 Å². The predicted molar refractivity (Wildman–Crippen MR) is 171 cm³/mol. The fourth-order valence-corrected chi connectivity index (χ4v) is 5.84. The maximum absolute atomic E-state index is 13.8. The van der Waals surface area contributed by atoms with E-state index in [0.29, 0.717) is 32.8 Å². The van der Waals surface area contributed by atoms with Gasteiger partial charge in [-0.2, -0.15) is 0 Å². The molecule has 0 aliphatic carbocycles. The van der Waals surface area contributed by atoms with Crippen molar-refractivity contribution in [3.8, 4) is 0 Å². The Morgan fingerprint density at radius 1 is 0.886 bits per heavy atom. The van der Waals surface area contributed by atoms with Gasteiger partial charge in [0.1, 0.15) is 0 Å². The fraction of sp³-hybridized carbons (Fsp3) is 0.129. The lowest BCUT2D eigenvalue weighted by atomic mass is 10.1. The molecule has 7 aromatic rings. The average Bonchev–Trinajstić information content (AvgIpc) is 3.73. The summed E-state index contributed by atoms with van der Waals surface area (Å²) in [6.07, 6.45) is 3.26. The van der Waals surface area contributed by atoms with E-state index in [2.05, 4.69) is 20.1 Å². The zero-order valence-corrected chi connectivity index (χ0v) is 25.0. The molecule has 0 amide bonds. The predicted octanol–water partition coefficient (Wildman–Crippen LogP) is 5.12. The van der Waals surface area contributed by atoms with Crippen LogP contribution in [-0.4, -0.2) is 39.3 Å². The second-order valence-electron chi connectivity index (χ2n) is 10.3. The Morgan fingerprint density at radius 2 is 1.52 bits per heavy atom. The van der Waals surface area contributed by atoms with Crippen molar-refractivity contribution >= 4 is 61.9 Å². The van der Waals surface area contributed by atoms with Crippen LogP contribution in [-0.2, 0) is 32.1 Å². The minimum atomic E-state index is -0.506. The Hall–Kier alpha value is -5.13. The van der Waals surface area contributed by atoms with Crippen LogP contribution in [0.25, 0.3) is 33.0 Å². The topological polar surface area (TPSA) is 128 Å². The number of benzene rings is 2. The van der Waals surface area contributed by atoms with Crippen LogP contribution in [0.3, 0.4) is 0 Å². The van der Waals surface area contributed by atoms with Gasteiger partial charge in [0.05, 0.1) is 12.2 Å². The van der Waals surface area contributed by atoms with Gasteiger partial charge in [-0.25, -0.2) is 9.78 Å². The molecule has 220 valence electrons. The maximum atomic E-state index is 13.8. The molecule has 0 fully saturated rings. The second kappa shape index (κ2) is 10.9. The number of nitrogens with one attached hydrogen (secondary N) is 2. The van der Waals surface area contributed by atoms with Crippen molar-refractivity contribution in [1.29, 1.82) is 0 Å². The fourth-order valence-electron chi connectivity index (χ4n) is 5.38. The number of halogens is 2. The van der Waals surface area contributed by atoms with E-state index >= 15 is 0 Å². The number of aryl methyl sites for hydroxylation is 2. The normalized spacial score (nSPS) is 12.1. The summed E-state index contributed by atoms with van der Waals surface area (Å²) in [6.45, 7) is 0.152. The van der Waals surface area contributed by atoms with Gasteiger partial charge in [-0.05, 0) is 48.5 Å². The minimum Gasteiger partial charge on any atom is -0.389 e. The number of oxime groups is 1. The van der Waals surface area contributed by atoms with E-state index in [1.165, 1.54) is 9.13 Å². The molecule has 13 heteroatoms. The highest BCUT2D eigenvalue weighted by Gasteiger charge is 2.23. The highest BCUT2D eigenvalue weighted by Crippen LogP contribution is 2.25. The highest BCUT2D eigenvalue weighted by atomic mass is 35.5. The lowest BCUT2D eigenvalue weighted by Gasteiger charge is -2.08. The highest BCUT2D eigenvalue weighted by molar-refractivity contribution is 6.35. The summed E-state index contributed by atoms with van der Waals surface area (Å²) in [5.74, 6) is 0.341. The Kier molecular flexibility index (Phi) is 6.83. The summed E-state index contributed by atoms with van der Waals surface area (Å²) in [5, 5.41) is 7.36. The van der Waals surface area contributed by atoms with E-state index < -0.39 is 11.2 Å². The van der Waals surface area contributed by atoms with E-state index in [1.807, 2.05) is 42.5 Å². The van der Waals surface area contributed by atoms with Crippen molar-refractivity contribution in [3.63, 3.8) is 0 Å². The zero-order chi connectivity index (χ0) is 30.5. The summed E-state index contributed by atoms with van der Waals surface area (Å²) in [6, 6.07) is 18.4. The number of aromatic amines is 2. The van der Waals surface area contributed by atoms with Crippen LogP contribution in [0.4, 0.5) is 0 Å². The Balaban J connectivity index is 1.30. The number of hydrogen-bond acceptors (Lipinski definition) is 6. The molecule has 2 aromatic carbocycles. The van der Waals surface area contributed by atoms with Gasteiger partial charge in [-0.1, -0.05) is 40.5 Å². The maximum Gasteiger partial charge on any atom is 0.332 e. The Morgan fingerprint density at radius 3 is 2.18 bits per heavy atom. The largest absolute Gasteiger partial charge is 0.389 e. The van der Waals surface area contributed by atoms with E-state index in [0.717, 1.165) is 27.5 Å². The molecule has 11 nitrogen and oxygen atoms in total. The summed E-state index contributed by atoms with van der Waals surface area (Å²) in [4.78, 5) is 48.4. The van der Waals surface area contributed by atoms with Crippen LogP contribution in [0.1, 0.15) is 22.8 Å². The lowest BCUT2D eigenvalue weighted by Crippen LogP contribution is -2.39. The molecule has 0 bridgehead atoms. The molecule has 0 spiro atoms. The molecule has 0 atom stereocenters. The van der Waals surface area contributed by atoms with Gasteiger partial charge in [0.2, 0.25) is 0 Å². The molecular weight excluding hydrogens is 603 g/mol. The van der Waals surface area contributed by atoms with E-state index in [-0.39, 0.29) is 24.3 Å². The summed E-state index contributed by atoms with van der Waals surface area (Å²) in [7, 11) is 3.29. The number of rotatable bonds is 7. The van der Waals surface area contributed by atoms with Crippen molar-refractivity contribution in [2.45, 2.75) is 13.2 Å². The molecule has 0 aliphatic rings. The van der Waals surface area contributed by atoms with Gasteiger partial charge >= 0.3 is 5.69 Å². The number of H-pyrrole nitrogens is 2. The number of nitrogens with zero attached hydrogens (tertiary/aromatic N) is 6. The number of imidazole rings is 1. The van der Waals surface area contributed by atoms with Gasteiger partial charge in [0.15, 0.2) is 29.3 Å². The van der Waals surface area contributed by atoms with Crippen molar-refractivity contribution in [1.82, 2.24) is 33.6 Å². The molecule has 44 heavy (non-hydrogen) atoms. The molecule has 5 aromatic heterocycles. The molecule has 7 rings (SSSR count). The summed E-state index contributed by atoms with van der Waals surface area (Å²) < 4.78 is 4.16. The minimum absolute atomic E-state index is 0.0237. The van der Waals surface area contributed by atoms with E-state index in [4.69, 9.17) is 33.0 Å². The molecule has 0 saturated heterocycles. The molecule has 0 aliphatic heterocycles. The first kappa shape index (κ1) is 27.7. The average molecular weight is 627 g/mol. The Labute approximate surface area is 259 Å². The van der Waals surface area contributed by atoms with Gasteiger partial charge in [0.25, 0.3) is 5.56 Å². The number of fused-ring (bicyclic) bond motifs is 3. The second-order valence-corrected chi connectivity index (χ2v) is 11.2. The zero-order valence-electron chi connectivity index (χ0n) is 23.5. The molecular formula is C31H24Cl2N8O3. The van der Waals surface area contributed by atoms with E-state index in [1.54, 1.807) is 49.3 Å². The number of hydrogen-bond donors (Lipinski definition) is 2. The summed E-state index contributed by atoms with van der Waals surface area (Å²) in [5.41, 5.74) is 3.64. The van der Waals surface area contributed by atoms with Gasteiger partial charge in [0, 0.05) is 69.6 Å². The first-order valence-electron chi connectivity index (χ1n) is 13.6. The molecule has 5 heterocycles. The van der Waals surface area contributed by atoms with Crippen LogP contribution < -0.4 is 11.2 Å². The van der Waals surface area contributed by atoms with Gasteiger partial charge < -0.3 is 19.4 Å². The SMILES string of the molecule is Cn1c(/C(=N\OCc2cc3c(Cl)cccc3[nH]2)c2ccncc2)nc2c1c(=O)n(Cc1cc3c(Cl)cccc3[nH]1)c(=O)n2C. The van der Waals surface area contributed by atoms with Crippen molar-refractivity contribution < 1.29 is 4.84 Å². The lowest BCUT2D eigenvalue weighted by molar-refractivity contribution is 0.128. The molecule has 0 unspecified atom stereocenters. The third-order valence-electron chi connectivity index (χ3n) is 7.56. The first-order valence-corrected chi connectivity index (χ1v) is 14.3. The van der Waals surface area contributed by atoms with Crippen LogP contribution in [0.5, 0.6) is 0 Å². The molecule has 2 N–H and O–H groups in total. The van der Waals surface area contributed by atoms with Crippen molar-refractivity contribution in [2.75, 3.05) is 0 Å². The van der Waals surface area contributed by atoms with Crippen LogP contribution >= 0.6 is 23.2 Å². The van der Waals surface area contributed by atoms with Crippen molar-refractivity contribution in [3.05, 3.63) is 127 Å². The first-order chi connectivity index (χ1) is 21.3. The van der Waals surface area contributed by atoms with Crippen LogP contribution in [0.15, 0.2) is 87.8 Å². The third kappa shape index (κ3) is 4.66.